The molecule has 0 fully saturated rings. The van der Waals surface area contributed by atoms with E-state index in [1.807, 2.05) is 16.7 Å². The molecule has 0 aliphatic heterocycles. The van der Waals surface area contributed by atoms with Crippen LogP contribution >= 0.6 is 11.3 Å². The molecule has 0 radical (unpaired) electrons. The molecule has 8 heteroatoms. The Labute approximate surface area is 196 Å². The summed E-state index contributed by atoms with van der Waals surface area (Å²) in [6.07, 6.45) is 6.45. The van der Waals surface area contributed by atoms with Crippen molar-refractivity contribution >= 4 is 43.2 Å². The van der Waals surface area contributed by atoms with E-state index in [-0.39, 0.29) is 22.7 Å². The second kappa shape index (κ2) is 9.45. The molecule has 4 rings (SSSR count). The standard InChI is InChI=1S/C25H21N3O3S2/c1-3-15-28-22-14-13-18(4-2)16-23(22)32-25(28)26-24(29)19-9-8-10-20(17-19)27-33(30,31)21-11-6-5-7-12-21/h1,5-14,16-17,27H,4,15H2,2H3. The van der Waals surface area contributed by atoms with Gasteiger partial charge in [0.25, 0.3) is 15.9 Å². The van der Waals surface area contributed by atoms with Crippen LogP contribution in [0, 0.1) is 12.3 Å². The molecule has 166 valence electrons. The summed E-state index contributed by atoms with van der Waals surface area (Å²) in [7, 11) is -3.77. The SMILES string of the molecule is C#CCn1c(=NC(=O)c2cccc(NS(=O)(=O)c3ccccc3)c2)sc2cc(CC)ccc21. The smallest absolute Gasteiger partial charge is 0.279 e. The number of nitrogens with zero attached hydrogens (tertiary/aromatic N) is 2. The van der Waals surface area contributed by atoms with Crippen molar-refractivity contribution in [3.63, 3.8) is 0 Å². The number of thiazole rings is 1. The van der Waals surface area contributed by atoms with E-state index in [0.717, 1.165) is 16.6 Å². The van der Waals surface area contributed by atoms with Crippen LogP contribution in [0.5, 0.6) is 0 Å². The Morgan fingerprint density at radius 1 is 1.09 bits per heavy atom. The fourth-order valence-electron chi connectivity index (χ4n) is 3.35. The predicted molar refractivity (Wildman–Crippen MR) is 132 cm³/mol. The Hall–Kier alpha value is -3.67. The number of fused-ring (bicyclic) bond motifs is 1. The van der Waals surface area contributed by atoms with Gasteiger partial charge in [0.15, 0.2) is 4.80 Å². The summed E-state index contributed by atoms with van der Waals surface area (Å²) in [5.74, 6) is 2.13. The molecule has 0 unspecified atom stereocenters. The molecule has 0 aliphatic rings. The molecule has 0 saturated carbocycles. The Bertz CT molecular complexity index is 1540. The van der Waals surface area contributed by atoms with Crippen molar-refractivity contribution in [2.75, 3.05) is 4.72 Å². The molecule has 0 spiro atoms. The molecule has 4 aromatic rings. The summed E-state index contributed by atoms with van der Waals surface area (Å²) in [5.41, 5.74) is 2.65. The van der Waals surface area contributed by atoms with Crippen molar-refractivity contribution in [1.29, 1.82) is 0 Å². The maximum Gasteiger partial charge on any atom is 0.279 e. The quantitative estimate of drug-likeness (QED) is 0.419. The van der Waals surface area contributed by atoms with Crippen LogP contribution < -0.4 is 9.52 Å². The Morgan fingerprint density at radius 2 is 1.88 bits per heavy atom. The zero-order valence-corrected chi connectivity index (χ0v) is 19.5. The van der Waals surface area contributed by atoms with Crippen molar-refractivity contribution < 1.29 is 13.2 Å². The first-order chi connectivity index (χ1) is 15.9. The van der Waals surface area contributed by atoms with Gasteiger partial charge in [0, 0.05) is 11.3 Å². The van der Waals surface area contributed by atoms with Gasteiger partial charge >= 0.3 is 0 Å². The number of hydrogen-bond acceptors (Lipinski definition) is 4. The topological polar surface area (TPSA) is 80.5 Å². The summed E-state index contributed by atoms with van der Waals surface area (Å²) in [4.78, 5) is 17.9. The monoisotopic (exact) mass is 475 g/mol. The van der Waals surface area contributed by atoms with Gasteiger partial charge in [-0.2, -0.15) is 4.99 Å². The van der Waals surface area contributed by atoms with Gasteiger partial charge in [0.05, 0.1) is 21.7 Å². The van der Waals surface area contributed by atoms with Crippen LogP contribution in [0.25, 0.3) is 10.2 Å². The lowest BCUT2D eigenvalue weighted by Crippen LogP contribution is -2.17. The number of hydrogen-bond donors (Lipinski definition) is 1. The number of terminal acetylenes is 1. The Morgan fingerprint density at radius 3 is 2.61 bits per heavy atom. The van der Waals surface area contributed by atoms with E-state index in [9.17, 15) is 13.2 Å². The lowest BCUT2D eigenvalue weighted by atomic mass is 10.2. The number of anilines is 1. The van der Waals surface area contributed by atoms with Crippen LogP contribution in [0.2, 0.25) is 0 Å². The zero-order valence-electron chi connectivity index (χ0n) is 17.9. The fourth-order valence-corrected chi connectivity index (χ4v) is 5.51. The number of benzene rings is 3. The number of aryl methyl sites for hydroxylation is 1. The maximum atomic E-state index is 13.0. The second-order valence-corrected chi connectivity index (χ2v) is 9.94. The molecule has 1 aromatic heterocycles. The Kier molecular flexibility index (Phi) is 6.45. The van der Waals surface area contributed by atoms with Gasteiger partial charge in [-0.1, -0.05) is 54.5 Å². The molecule has 3 aromatic carbocycles. The fraction of sp³-hybridized carbons (Fsp3) is 0.120. The van der Waals surface area contributed by atoms with Crippen LogP contribution in [-0.2, 0) is 23.0 Å². The second-order valence-electron chi connectivity index (χ2n) is 7.25. The molecule has 1 N–H and O–H groups in total. The number of amides is 1. The third kappa shape index (κ3) is 4.90. The molecule has 0 bridgehead atoms. The lowest BCUT2D eigenvalue weighted by molar-refractivity contribution is 0.0998. The largest absolute Gasteiger partial charge is 0.305 e. The van der Waals surface area contributed by atoms with Gasteiger partial charge in [0.2, 0.25) is 0 Å². The number of rotatable bonds is 6. The van der Waals surface area contributed by atoms with Crippen molar-refractivity contribution in [2.45, 2.75) is 24.8 Å². The Balaban J connectivity index is 1.69. The van der Waals surface area contributed by atoms with E-state index in [1.165, 1.54) is 35.1 Å². The van der Waals surface area contributed by atoms with Crippen molar-refractivity contribution in [1.82, 2.24) is 4.57 Å². The van der Waals surface area contributed by atoms with Crippen LogP contribution in [-0.4, -0.2) is 18.9 Å². The molecule has 0 saturated heterocycles. The minimum absolute atomic E-state index is 0.137. The van der Waals surface area contributed by atoms with E-state index in [2.05, 4.69) is 28.6 Å². The first-order valence-corrected chi connectivity index (χ1v) is 12.5. The number of aromatic nitrogens is 1. The van der Waals surface area contributed by atoms with E-state index in [4.69, 9.17) is 6.42 Å². The average molecular weight is 476 g/mol. The molecule has 0 aliphatic carbocycles. The molecule has 1 heterocycles. The van der Waals surface area contributed by atoms with E-state index >= 15 is 0 Å². The predicted octanol–water partition coefficient (Wildman–Crippen LogP) is 4.44. The van der Waals surface area contributed by atoms with Gasteiger partial charge in [-0.3, -0.25) is 9.52 Å². The molecule has 1 amide bonds. The van der Waals surface area contributed by atoms with Crippen molar-refractivity contribution in [2.24, 2.45) is 4.99 Å². The van der Waals surface area contributed by atoms with Gasteiger partial charge < -0.3 is 4.57 Å². The van der Waals surface area contributed by atoms with Crippen LogP contribution in [0.4, 0.5) is 5.69 Å². The number of carbonyl (C=O) groups is 1. The number of nitrogens with one attached hydrogen (secondary N) is 1. The first-order valence-electron chi connectivity index (χ1n) is 10.2. The summed E-state index contributed by atoms with van der Waals surface area (Å²) >= 11 is 1.40. The van der Waals surface area contributed by atoms with Crippen molar-refractivity contribution in [3.8, 4) is 12.3 Å². The lowest BCUT2D eigenvalue weighted by Gasteiger charge is -2.08. The van der Waals surface area contributed by atoms with Crippen LogP contribution in [0.15, 0.2) is 82.7 Å². The molecular weight excluding hydrogens is 454 g/mol. The number of sulfonamides is 1. The normalized spacial score (nSPS) is 11.9. The third-order valence-electron chi connectivity index (χ3n) is 5.02. The highest BCUT2D eigenvalue weighted by molar-refractivity contribution is 7.92. The minimum atomic E-state index is -3.77. The molecular formula is C25H21N3O3S2. The van der Waals surface area contributed by atoms with Gasteiger partial charge in [-0.15, -0.1) is 6.42 Å². The minimum Gasteiger partial charge on any atom is -0.305 e. The van der Waals surface area contributed by atoms with E-state index < -0.39 is 15.9 Å². The molecule has 0 atom stereocenters. The summed E-state index contributed by atoms with van der Waals surface area (Å²) in [5, 5.41) is 0. The summed E-state index contributed by atoms with van der Waals surface area (Å²) in [6, 6.07) is 20.4. The maximum absolute atomic E-state index is 13.0. The van der Waals surface area contributed by atoms with Gasteiger partial charge in [-0.25, -0.2) is 8.42 Å². The average Bonchev–Trinajstić information content (AvgIpc) is 3.15. The highest BCUT2D eigenvalue weighted by atomic mass is 32.2. The number of carbonyl (C=O) groups excluding carboxylic acids is 1. The summed E-state index contributed by atoms with van der Waals surface area (Å²) < 4.78 is 30.5. The van der Waals surface area contributed by atoms with E-state index in [1.54, 1.807) is 36.4 Å². The van der Waals surface area contributed by atoms with Gasteiger partial charge in [0.1, 0.15) is 0 Å². The van der Waals surface area contributed by atoms with Crippen LogP contribution in [0.1, 0.15) is 22.8 Å². The van der Waals surface area contributed by atoms with Crippen LogP contribution in [0.3, 0.4) is 0 Å². The highest BCUT2D eigenvalue weighted by Gasteiger charge is 2.15. The van der Waals surface area contributed by atoms with Gasteiger partial charge in [-0.05, 0) is 54.4 Å². The zero-order chi connectivity index (χ0) is 23.4. The van der Waals surface area contributed by atoms with Crippen molar-refractivity contribution in [3.05, 3.63) is 88.7 Å². The first kappa shape index (κ1) is 22.5. The summed E-state index contributed by atoms with van der Waals surface area (Å²) in [6.45, 7) is 2.37. The molecule has 33 heavy (non-hydrogen) atoms. The van der Waals surface area contributed by atoms with E-state index in [0.29, 0.717) is 4.80 Å². The molecule has 6 nitrogen and oxygen atoms in total. The third-order valence-corrected chi connectivity index (χ3v) is 7.46. The highest BCUT2D eigenvalue weighted by Crippen LogP contribution is 2.21.